The van der Waals surface area contributed by atoms with Crippen molar-refractivity contribution in [3.8, 4) is 0 Å². The summed E-state index contributed by atoms with van der Waals surface area (Å²) in [5.41, 5.74) is 0. The Bertz CT molecular complexity index is 122. The smallest absolute Gasteiger partial charge is 0.234 e. The van der Waals surface area contributed by atoms with Gasteiger partial charge in [0.2, 0.25) is 6.08 Å². The summed E-state index contributed by atoms with van der Waals surface area (Å²) in [5, 5.41) is 0. The van der Waals surface area contributed by atoms with Crippen molar-refractivity contribution in [3.05, 3.63) is 0 Å². The van der Waals surface area contributed by atoms with Gasteiger partial charge in [0, 0.05) is 6.61 Å². The maximum Gasteiger partial charge on any atom is 0.234 e. The number of isocyanates is 1. The molecule has 0 aliphatic heterocycles. The second-order valence-corrected chi connectivity index (χ2v) is 4.91. The number of carbonyl (C=O) groups excluding carboxylic acids is 1. The molecule has 0 bridgehead atoms. The van der Waals surface area contributed by atoms with Crippen molar-refractivity contribution in [2.75, 3.05) is 13.2 Å². The third-order valence-electron chi connectivity index (χ3n) is 0.900. The lowest BCUT2D eigenvalue weighted by Gasteiger charge is -1.98. The molecule has 0 heterocycles. The van der Waals surface area contributed by atoms with Gasteiger partial charge >= 0.3 is 0 Å². The van der Waals surface area contributed by atoms with Crippen molar-refractivity contribution in [2.24, 2.45) is 4.99 Å². The summed E-state index contributed by atoms with van der Waals surface area (Å²) in [7, 11) is -0.671. The number of nitrogens with zero attached hydrogens (tertiary/aromatic N) is 1. The maximum atomic E-state index is 9.27. The molecule has 0 aliphatic carbocycles. The first-order valence-electron chi connectivity index (χ1n) is 4.34. The topological polar surface area (TPSA) is 38.7 Å². The Morgan fingerprint density at radius 3 is 2.08 bits per heavy atom. The van der Waals surface area contributed by atoms with Gasteiger partial charge in [-0.2, -0.15) is 0 Å². The van der Waals surface area contributed by atoms with Crippen LogP contribution in [0.1, 0.15) is 20.3 Å². The van der Waals surface area contributed by atoms with Crippen LogP contribution in [0.5, 0.6) is 0 Å². The molecule has 12 heavy (non-hydrogen) atoms. The van der Waals surface area contributed by atoms with Crippen molar-refractivity contribution in [2.45, 2.75) is 33.4 Å². The quantitative estimate of drug-likeness (QED) is 0.384. The molecule has 0 unspecified atom stereocenters. The van der Waals surface area contributed by atoms with E-state index in [0.717, 1.165) is 13.0 Å². The van der Waals surface area contributed by atoms with Crippen LogP contribution in [0.15, 0.2) is 4.99 Å². The van der Waals surface area contributed by atoms with E-state index in [2.05, 4.69) is 18.1 Å². The van der Waals surface area contributed by atoms with Gasteiger partial charge in [-0.1, -0.05) is 6.92 Å². The zero-order valence-corrected chi connectivity index (χ0v) is 9.62. The Kier molecular flexibility index (Phi) is 15.5. The minimum absolute atomic E-state index is 0.615. The summed E-state index contributed by atoms with van der Waals surface area (Å²) in [4.78, 5) is 12.6. The average molecular weight is 189 g/mol. The van der Waals surface area contributed by atoms with E-state index < -0.39 is 9.04 Å². The molecule has 0 aromatic carbocycles. The molecule has 3 nitrogen and oxygen atoms in total. The Morgan fingerprint density at radius 2 is 2.00 bits per heavy atom. The summed E-state index contributed by atoms with van der Waals surface area (Å²) in [5.74, 6) is 0. The van der Waals surface area contributed by atoms with Crippen molar-refractivity contribution < 1.29 is 9.22 Å². The van der Waals surface area contributed by atoms with Crippen LogP contribution in [0.25, 0.3) is 0 Å². The number of aliphatic imine (C=N–C) groups is 1. The van der Waals surface area contributed by atoms with E-state index in [0.29, 0.717) is 6.54 Å². The summed E-state index contributed by atoms with van der Waals surface area (Å²) in [6.07, 6.45) is 2.37. The largest absolute Gasteiger partial charge is 0.421 e. The lowest BCUT2D eigenvalue weighted by atomic mass is 10.5. The summed E-state index contributed by atoms with van der Waals surface area (Å²) in [6.45, 7) is 9.84. The third-order valence-corrected chi connectivity index (χ3v) is 1.90. The SMILES string of the molecule is CCCN=C=O.CCO[SiH](C)C. The Labute approximate surface area is 76.6 Å². The normalized spacial score (nSPS) is 8.42. The molecule has 0 spiro atoms. The zero-order chi connectivity index (χ0) is 9.82. The highest BCUT2D eigenvalue weighted by Crippen LogP contribution is 1.79. The molecule has 0 amide bonds. The molecule has 0 saturated carbocycles. The van der Waals surface area contributed by atoms with E-state index in [4.69, 9.17) is 4.43 Å². The van der Waals surface area contributed by atoms with Gasteiger partial charge in [0.1, 0.15) is 0 Å². The van der Waals surface area contributed by atoms with Crippen LogP contribution < -0.4 is 0 Å². The van der Waals surface area contributed by atoms with E-state index in [1.165, 1.54) is 6.08 Å². The monoisotopic (exact) mass is 189 g/mol. The Balaban J connectivity index is 0. The molecule has 0 N–H and O–H groups in total. The highest BCUT2D eigenvalue weighted by atomic mass is 28.3. The first kappa shape index (κ1) is 14.1. The molecule has 0 atom stereocenters. The molecule has 0 aromatic heterocycles. The van der Waals surface area contributed by atoms with Crippen LogP contribution in [0, 0.1) is 0 Å². The van der Waals surface area contributed by atoms with Gasteiger partial charge in [-0.15, -0.1) is 0 Å². The van der Waals surface area contributed by atoms with E-state index in [1.807, 2.05) is 13.8 Å². The first-order chi connectivity index (χ1) is 5.68. The highest BCUT2D eigenvalue weighted by molar-refractivity contribution is 6.48. The third kappa shape index (κ3) is 22.7. The first-order valence-corrected chi connectivity index (χ1v) is 7.12. The van der Waals surface area contributed by atoms with Crippen LogP contribution in [-0.4, -0.2) is 28.3 Å². The number of hydrogen-bond acceptors (Lipinski definition) is 3. The molecule has 72 valence electrons. The van der Waals surface area contributed by atoms with Crippen LogP contribution in [-0.2, 0) is 9.22 Å². The van der Waals surface area contributed by atoms with Gasteiger partial charge in [0.25, 0.3) is 0 Å². The minimum Gasteiger partial charge on any atom is -0.421 e. The van der Waals surface area contributed by atoms with Crippen LogP contribution in [0.2, 0.25) is 13.1 Å². The number of hydrogen-bond donors (Lipinski definition) is 0. The van der Waals surface area contributed by atoms with Gasteiger partial charge in [0.15, 0.2) is 9.04 Å². The van der Waals surface area contributed by atoms with Crippen LogP contribution in [0.3, 0.4) is 0 Å². The molecular formula is C8H19NO2Si. The van der Waals surface area contributed by atoms with Crippen LogP contribution in [0.4, 0.5) is 0 Å². The van der Waals surface area contributed by atoms with Gasteiger partial charge in [-0.3, -0.25) is 0 Å². The van der Waals surface area contributed by atoms with Gasteiger partial charge < -0.3 is 4.43 Å². The van der Waals surface area contributed by atoms with Gasteiger partial charge in [-0.25, -0.2) is 9.79 Å². The predicted molar refractivity (Wildman–Crippen MR) is 53.8 cm³/mol. The van der Waals surface area contributed by atoms with E-state index in [1.54, 1.807) is 0 Å². The van der Waals surface area contributed by atoms with Crippen molar-refractivity contribution in [3.63, 3.8) is 0 Å². The van der Waals surface area contributed by atoms with Crippen LogP contribution >= 0.6 is 0 Å². The highest BCUT2D eigenvalue weighted by Gasteiger charge is 1.87. The molecular weight excluding hydrogens is 170 g/mol. The molecule has 4 heteroatoms. The van der Waals surface area contributed by atoms with E-state index in [-0.39, 0.29) is 0 Å². The van der Waals surface area contributed by atoms with Gasteiger partial charge in [0.05, 0.1) is 6.54 Å². The maximum absolute atomic E-state index is 9.27. The van der Waals surface area contributed by atoms with Gasteiger partial charge in [-0.05, 0) is 26.4 Å². The zero-order valence-electron chi connectivity index (χ0n) is 8.46. The minimum atomic E-state index is -0.671. The van der Waals surface area contributed by atoms with E-state index >= 15 is 0 Å². The fourth-order valence-corrected chi connectivity index (χ4v) is 1.16. The summed E-state index contributed by atoms with van der Waals surface area (Å²) < 4.78 is 5.18. The molecule has 0 rings (SSSR count). The van der Waals surface area contributed by atoms with Crippen molar-refractivity contribution in [1.82, 2.24) is 0 Å². The fourth-order valence-electron chi connectivity index (χ4n) is 0.491. The Hall–Kier alpha value is -0.443. The van der Waals surface area contributed by atoms with Crippen molar-refractivity contribution >= 4 is 15.1 Å². The second kappa shape index (κ2) is 13.2. The predicted octanol–water partition coefficient (Wildman–Crippen LogP) is 1.74. The molecule has 0 radical (unpaired) electrons. The average Bonchev–Trinajstić information content (AvgIpc) is 2.02. The fraction of sp³-hybridized carbons (Fsp3) is 0.875. The second-order valence-electron chi connectivity index (χ2n) is 2.48. The molecule has 0 aliphatic rings. The molecule has 0 aromatic rings. The summed E-state index contributed by atoms with van der Waals surface area (Å²) in [6, 6.07) is 0. The summed E-state index contributed by atoms with van der Waals surface area (Å²) >= 11 is 0. The molecule has 0 saturated heterocycles. The lowest BCUT2D eigenvalue weighted by molar-refractivity contribution is 0.350. The Morgan fingerprint density at radius 1 is 1.42 bits per heavy atom. The standard InChI is InChI=1S/C4H7NO.C4H12OSi/c1-2-3-5-4-6;1-4-5-6(2)3/h2-3H2,1H3;6H,4H2,1-3H3. The van der Waals surface area contributed by atoms with E-state index in [9.17, 15) is 4.79 Å². The molecule has 0 fully saturated rings. The number of rotatable bonds is 4. The lowest BCUT2D eigenvalue weighted by Crippen LogP contribution is -2.05. The van der Waals surface area contributed by atoms with Crippen molar-refractivity contribution in [1.29, 1.82) is 0 Å².